The van der Waals surface area contributed by atoms with Crippen LogP contribution in [0.3, 0.4) is 0 Å². The highest BCUT2D eigenvalue weighted by molar-refractivity contribution is 5.98. The van der Waals surface area contributed by atoms with Gasteiger partial charge >= 0.3 is 0 Å². The fourth-order valence-corrected chi connectivity index (χ4v) is 2.81. The summed E-state index contributed by atoms with van der Waals surface area (Å²) in [5, 5.41) is 9.32. The Morgan fingerprint density at radius 1 is 1.29 bits per heavy atom. The van der Waals surface area contributed by atoms with Crippen LogP contribution in [0.1, 0.15) is 23.4 Å². The molecule has 0 unspecified atom stereocenters. The second-order valence-corrected chi connectivity index (χ2v) is 5.71. The second kappa shape index (κ2) is 5.74. The number of carbonyl (C=O) groups is 1. The number of aliphatic hydroxyl groups is 1. The first-order chi connectivity index (χ1) is 10.1. The van der Waals surface area contributed by atoms with Gasteiger partial charge in [-0.15, -0.1) is 0 Å². The lowest BCUT2D eigenvalue weighted by Gasteiger charge is -2.34. The van der Waals surface area contributed by atoms with Gasteiger partial charge in [0.05, 0.1) is 12.4 Å². The topological polar surface area (TPSA) is 53.7 Å². The van der Waals surface area contributed by atoms with E-state index in [0.717, 1.165) is 24.0 Å². The molecule has 1 aliphatic rings. The molecule has 0 atom stereocenters. The Morgan fingerprint density at radius 3 is 2.67 bits per heavy atom. The fourth-order valence-electron chi connectivity index (χ4n) is 2.81. The van der Waals surface area contributed by atoms with Crippen LogP contribution in [-0.4, -0.2) is 35.6 Å². The van der Waals surface area contributed by atoms with E-state index in [2.05, 4.69) is 0 Å². The van der Waals surface area contributed by atoms with Crippen molar-refractivity contribution >= 4 is 5.91 Å². The van der Waals surface area contributed by atoms with E-state index in [1.807, 2.05) is 36.4 Å². The lowest BCUT2D eigenvalue weighted by molar-refractivity contribution is 0.0258. The highest BCUT2D eigenvalue weighted by Crippen LogP contribution is 2.29. The van der Waals surface area contributed by atoms with Crippen molar-refractivity contribution in [3.63, 3.8) is 0 Å². The molecule has 2 aromatic rings. The molecule has 0 bridgehead atoms. The van der Waals surface area contributed by atoms with Gasteiger partial charge in [0.1, 0.15) is 0 Å². The molecule has 1 aromatic heterocycles. The van der Waals surface area contributed by atoms with Crippen LogP contribution in [0, 0.1) is 5.92 Å². The molecule has 1 heterocycles. The van der Waals surface area contributed by atoms with E-state index in [1.54, 1.807) is 18.2 Å². The summed E-state index contributed by atoms with van der Waals surface area (Å²) in [5.41, 5.74) is 1.79. The number of rotatable bonds is 4. The van der Waals surface area contributed by atoms with E-state index in [0.29, 0.717) is 18.2 Å². The Hall–Kier alpha value is -2.07. The van der Waals surface area contributed by atoms with Crippen molar-refractivity contribution in [3.05, 3.63) is 48.4 Å². The molecule has 4 heteroatoms. The molecule has 1 N–H and O–H groups in total. The maximum atomic E-state index is 12.5. The van der Waals surface area contributed by atoms with Crippen LogP contribution in [0.15, 0.2) is 47.1 Å². The number of amides is 1. The average Bonchev–Trinajstić information content (AvgIpc) is 2.95. The lowest BCUT2D eigenvalue weighted by atomic mass is 9.82. The number of aliphatic hydroxyl groups excluding tert-OH is 1. The summed E-state index contributed by atoms with van der Waals surface area (Å²) < 4.78 is 5.42. The van der Waals surface area contributed by atoms with E-state index in [9.17, 15) is 9.90 Å². The molecule has 0 aliphatic heterocycles. The van der Waals surface area contributed by atoms with Gasteiger partial charge in [-0.3, -0.25) is 4.79 Å². The van der Waals surface area contributed by atoms with E-state index >= 15 is 0 Å². The van der Waals surface area contributed by atoms with Crippen molar-refractivity contribution in [2.24, 2.45) is 5.92 Å². The van der Waals surface area contributed by atoms with Crippen molar-refractivity contribution in [2.45, 2.75) is 18.9 Å². The molecule has 1 saturated carbocycles. The van der Waals surface area contributed by atoms with Crippen molar-refractivity contribution in [3.8, 4) is 11.1 Å². The molecule has 1 amide bonds. The standard InChI is InChI=1S/C17H19NO3/c1-18(11-12-9-14(19)10-12)17(20)16-15(7-8-21-16)13-5-3-2-4-6-13/h2-8,12,14,19H,9-11H2,1H3. The van der Waals surface area contributed by atoms with Gasteiger partial charge in [0.15, 0.2) is 5.76 Å². The minimum Gasteiger partial charge on any atom is -0.459 e. The van der Waals surface area contributed by atoms with E-state index in [1.165, 1.54) is 0 Å². The largest absolute Gasteiger partial charge is 0.459 e. The third-order valence-electron chi connectivity index (χ3n) is 4.03. The smallest absolute Gasteiger partial charge is 0.289 e. The third-order valence-corrected chi connectivity index (χ3v) is 4.03. The Kier molecular flexibility index (Phi) is 3.80. The predicted molar refractivity (Wildman–Crippen MR) is 79.8 cm³/mol. The SMILES string of the molecule is CN(CC1CC(O)C1)C(=O)c1occc1-c1ccccc1. The predicted octanol–water partition coefficient (Wildman–Crippen LogP) is 2.79. The van der Waals surface area contributed by atoms with Crippen LogP contribution in [-0.2, 0) is 0 Å². The summed E-state index contributed by atoms with van der Waals surface area (Å²) >= 11 is 0. The van der Waals surface area contributed by atoms with Crippen molar-refractivity contribution in [2.75, 3.05) is 13.6 Å². The van der Waals surface area contributed by atoms with Crippen LogP contribution >= 0.6 is 0 Å². The molecular formula is C17H19NO3. The molecule has 0 saturated heterocycles. The number of benzene rings is 1. The normalized spacial score (nSPS) is 20.9. The fraction of sp³-hybridized carbons (Fsp3) is 0.353. The number of furan rings is 1. The molecule has 110 valence electrons. The first kappa shape index (κ1) is 13.9. The number of hydrogen-bond donors (Lipinski definition) is 1. The molecule has 0 radical (unpaired) electrons. The van der Waals surface area contributed by atoms with Gasteiger partial charge < -0.3 is 14.4 Å². The Morgan fingerprint density at radius 2 is 2.00 bits per heavy atom. The van der Waals surface area contributed by atoms with Gasteiger partial charge in [0, 0.05) is 19.2 Å². The number of carbonyl (C=O) groups excluding carboxylic acids is 1. The van der Waals surface area contributed by atoms with Crippen LogP contribution in [0.4, 0.5) is 0 Å². The zero-order valence-corrected chi connectivity index (χ0v) is 12.0. The molecule has 0 spiro atoms. The van der Waals surface area contributed by atoms with Gasteiger partial charge in [-0.25, -0.2) is 0 Å². The maximum Gasteiger partial charge on any atom is 0.289 e. The average molecular weight is 285 g/mol. The lowest BCUT2D eigenvalue weighted by Crippen LogP contribution is -2.39. The van der Waals surface area contributed by atoms with Crippen LogP contribution in [0.25, 0.3) is 11.1 Å². The van der Waals surface area contributed by atoms with Gasteiger partial charge in [0.2, 0.25) is 0 Å². The molecule has 4 nitrogen and oxygen atoms in total. The summed E-state index contributed by atoms with van der Waals surface area (Å²) in [7, 11) is 1.78. The minimum absolute atomic E-state index is 0.111. The molecule has 3 rings (SSSR count). The first-order valence-electron chi connectivity index (χ1n) is 7.21. The highest BCUT2D eigenvalue weighted by Gasteiger charge is 2.30. The zero-order chi connectivity index (χ0) is 14.8. The van der Waals surface area contributed by atoms with Crippen molar-refractivity contribution in [1.29, 1.82) is 0 Å². The van der Waals surface area contributed by atoms with Crippen LogP contribution in [0.5, 0.6) is 0 Å². The van der Waals surface area contributed by atoms with Gasteiger partial charge in [-0.05, 0) is 30.4 Å². The quantitative estimate of drug-likeness (QED) is 0.939. The summed E-state index contributed by atoms with van der Waals surface area (Å²) in [5.74, 6) is 0.660. The summed E-state index contributed by atoms with van der Waals surface area (Å²) in [6, 6.07) is 11.6. The Balaban J connectivity index is 1.75. The van der Waals surface area contributed by atoms with E-state index in [-0.39, 0.29) is 12.0 Å². The van der Waals surface area contributed by atoms with Crippen LogP contribution < -0.4 is 0 Å². The van der Waals surface area contributed by atoms with E-state index in [4.69, 9.17) is 4.42 Å². The van der Waals surface area contributed by atoms with Gasteiger partial charge in [-0.1, -0.05) is 30.3 Å². The summed E-state index contributed by atoms with van der Waals surface area (Å²) in [6.45, 7) is 0.658. The highest BCUT2D eigenvalue weighted by atomic mass is 16.3. The Labute approximate surface area is 124 Å². The van der Waals surface area contributed by atoms with E-state index < -0.39 is 0 Å². The summed E-state index contributed by atoms with van der Waals surface area (Å²) in [4.78, 5) is 14.2. The third kappa shape index (κ3) is 2.85. The molecule has 1 aliphatic carbocycles. The molecule has 1 fully saturated rings. The minimum atomic E-state index is -0.193. The first-order valence-corrected chi connectivity index (χ1v) is 7.21. The van der Waals surface area contributed by atoms with Crippen molar-refractivity contribution in [1.82, 2.24) is 4.90 Å². The van der Waals surface area contributed by atoms with Crippen LogP contribution in [0.2, 0.25) is 0 Å². The molecular weight excluding hydrogens is 266 g/mol. The monoisotopic (exact) mass is 285 g/mol. The number of nitrogens with zero attached hydrogens (tertiary/aromatic N) is 1. The van der Waals surface area contributed by atoms with Crippen molar-refractivity contribution < 1.29 is 14.3 Å². The van der Waals surface area contributed by atoms with Gasteiger partial charge in [0.25, 0.3) is 5.91 Å². The molecule has 21 heavy (non-hydrogen) atoms. The van der Waals surface area contributed by atoms with Gasteiger partial charge in [-0.2, -0.15) is 0 Å². The Bertz CT molecular complexity index is 614. The summed E-state index contributed by atoms with van der Waals surface area (Å²) in [6.07, 6.45) is 2.92. The second-order valence-electron chi connectivity index (χ2n) is 5.71. The number of hydrogen-bond acceptors (Lipinski definition) is 3. The maximum absolute atomic E-state index is 12.5. The molecule has 1 aromatic carbocycles. The zero-order valence-electron chi connectivity index (χ0n) is 12.0.